The molecule has 0 fully saturated rings. The topological polar surface area (TPSA) is 61.6 Å². The van der Waals surface area contributed by atoms with Crippen LogP contribution in [0.15, 0.2) is 36.4 Å². The van der Waals surface area contributed by atoms with Crippen LogP contribution in [-0.2, 0) is 0 Å². The smallest absolute Gasteiger partial charge is 0.193 e. The van der Waals surface area contributed by atoms with Gasteiger partial charge >= 0.3 is 0 Å². The summed E-state index contributed by atoms with van der Waals surface area (Å²) in [5.41, 5.74) is 8.55. The Labute approximate surface area is 117 Å². The SMILES string of the molecule is Cc1cccc(C(=O)c2cc(N)c3c(c2)OCCO3)c1. The number of fused-ring (bicyclic) bond motifs is 1. The van der Waals surface area contributed by atoms with Crippen LogP contribution in [0.4, 0.5) is 5.69 Å². The number of carbonyl (C=O) groups excluding carboxylic acids is 1. The average Bonchev–Trinajstić information content (AvgIpc) is 2.46. The normalized spacial score (nSPS) is 13.1. The van der Waals surface area contributed by atoms with Crippen molar-refractivity contribution in [1.29, 1.82) is 0 Å². The van der Waals surface area contributed by atoms with Crippen molar-refractivity contribution in [3.63, 3.8) is 0 Å². The van der Waals surface area contributed by atoms with Crippen LogP contribution in [0, 0.1) is 6.92 Å². The molecule has 0 amide bonds. The third kappa shape index (κ3) is 2.20. The molecular weight excluding hydrogens is 254 g/mol. The summed E-state index contributed by atoms with van der Waals surface area (Å²) in [6.45, 7) is 2.89. The summed E-state index contributed by atoms with van der Waals surface area (Å²) in [7, 11) is 0. The van der Waals surface area contributed by atoms with Gasteiger partial charge in [-0.3, -0.25) is 4.79 Å². The highest BCUT2D eigenvalue weighted by atomic mass is 16.6. The minimum Gasteiger partial charge on any atom is -0.486 e. The first kappa shape index (κ1) is 12.5. The van der Waals surface area contributed by atoms with Gasteiger partial charge in [-0.05, 0) is 25.1 Å². The van der Waals surface area contributed by atoms with E-state index in [-0.39, 0.29) is 5.78 Å². The van der Waals surface area contributed by atoms with Gasteiger partial charge in [0.15, 0.2) is 17.3 Å². The lowest BCUT2D eigenvalue weighted by Gasteiger charge is -2.20. The van der Waals surface area contributed by atoms with Crippen LogP contribution in [0.1, 0.15) is 21.5 Å². The number of ether oxygens (including phenoxy) is 2. The molecule has 1 heterocycles. The lowest BCUT2D eigenvalue weighted by molar-refractivity contribution is 0.103. The van der Waals surface area contributed by atoms with Crippen LogP contribution in [0.3, 0.4) is 0 Å². The Kier molecular flexibility index (Phi) is 3.06. The predicted octanol–water partition coefficient (Wildman–Crippen LogP) is 2.58. The molecule has 1 aliphatic rings. The van der Waals surface area contributed by atoms with Crippen molar-refractivity contribution < 1.29 is 14.3 Å². The molecule has 2 aromatic rings. The Hall–Kier alpha value is -2.49. The van der Waals surface area contributed by atoms with Crippen LogP contribution in [0.5, 0.6) is 11.5 Å². The van der Waals surface area contributed by atoms with Crippen LogP contribution < -0.4 is 15.2 Å². The fourth-order valence-corrected chi connectivity index (χ4v) is 2.26. The summed E-state index contributed by atoms with van der Waals surface area (Å²) in [6.07, 6.45) is 0. The van der Waals surface area contributed by atoms with Gasteiger partial charge in [0.1, 0.15) is 13.2 Å². The van der Waals surface area contributed by atoms with E-state index < -0.39 is 0 Å². The molecule has 1 aliphatic heterocycles. The van der Waals surface area contributed by atoms with E-state index in [0.717, 1.165) is 5.56 Å². The molecule has 4 nitrogen and oxygen atoms in total. The predicted molar refractivity (Wildman–Crippen MR) is 76.5 cm³/mol. The summed E-state index contributed by atoms with van der Waals surface area (Å²) in [5, 5.41) is 0. The fraction of sp³-hybridized carbons (Fsp3) is 0.188. The molecule has 0 radical (unpaired) electrons. The van der Waals surface area contributed by atoms with E-state index in [1.54, 1.807) is 18.2 Å². The molecule has 2 aromatic carbocycles. The van der Waals surface area contributed by atoms with Gasteiger partial charge in [-0.15, -0.1) is 0 Å². The zero-order valence-electron chi connectivity index (χ0n) is 11.2. The number of rotatable bonds is 2. The minimum atomic E-state index is -0.0719. The summed E-state index contributed by atoms with van der Waals surface area (Å²) >= 11 is 0. The van der Waals surface area contributed by atoms with Gasteiger partial charge in [-0.1, -0.05) is 23.8 Å². The molecule has 0 spiro atoms. The largest absolute Gasteiger partial charge is 0.486 e. The number of anilines is 1. The molecule has 0 bridgehead atoms. The zero-order chi connectivity index (χ0) is 14.1. The lowest BCUT2D eigenvalue weighted by atomic mass is 10.0. The van der Waals surface area contributed by atoms with Crippen molar-refractivity contribution in [2.75, 3.05) is 18.9 Å². The molecule has 3 rings (SSSR count). The van der Waals surface area contributed by atoms with E-state index in [9.17, 15) is 4.79 Å². The van der Waals surface area contributed by atoms with Gasteiger partial charge < -0.3 is 15.2 Å². The van der Waals surface area contributed by atoms with Gasteiger partial charge in [0.25, 0.3) is 0 Å². The number of hydrogen-bond donors (Lipinski definition) is 1. The van der Waals surface area contributed by atoms with Crippen molar-refractivity contribution >= 4 is 11.5 Å². The molecule has 20 heavy (non-hydrogen) atoms. The lowest BCUT2D eigenvalue weighted by Crippen LogP contribution is -2.17. The highest BCUT2D eigenvalue weighted by molar-refractivity contribution is 6.10. The average molecular weight is 269 g/mol. The van der Waals surface area contributed by atoms with Crippen molar-refractivity contribution in [2.24, 2.45) is 0 Å². The monoisotopic (exact) mass is 269 g/mol. The first-order valence-corrected chi connectivity index (χ1v) is 6.45. The molecule has 0 aromatic heterocycles. The molecular formula is C16H15NO3. The summed E-state index contributed by atoms with van der Waals surface area (Å²) in [5.74, 6) is 0.988. The van der Waals surface area contributed by atoms with E-state index in [1.807, 2.05) is 25.1 Å². The van der Waals surface area contributed by atoms with E-state index in [4.69, 9.17) is 15.2 Å². The molecule has 0 unspecified atom stereocenters. The van der Waals surface area contributed by atoms with Gasteiger partial charge in [0.2, 0.25) is 0 Å². The van der Waals surface area contributed by atoms with E-state index in [2.05, 4.69) is 0 Å². The molecule has 0 atom stereocenters. The standard InChI is InChI=1S/C16H15NO3/c1-10-3-2-4-11(7-10)15(18)12-8-13(17)16-14(9-12)19-5-6-20-16/h2-4,7-9H,5-6,17H2,1H3. The third-order valence-corrected chi connectivity index (χ3v) is 3.21. The number of benzene rings is 2. The van der Waals surface area contributed by atoms with Crippen LogP contribution >= 0.6 is 0 Å². The van der Waals surface area contributed by atoms with Gasteiger partial charge in [-0.25, -0.2) is 0 Å². The van der Waals surface area contributed by atoms with Crippen molar-refractivity contribution in [3.8, 4) is 11.5 Å². The van der Waals surface area contributed by atoms with Gasteiger partial charge in [0, 0.05) is 11.1 Å². The highest BCUT2D eigenvalue weighted by Crippen LogP contribution is 2.37. The second-order valence-corrected chi connectivity index (χ2v) is 4.79. The Bertz CT molecular complexity index is 679. The van der Waals surface area contributed by atoms with Crippen LogP contribution in [-0.4, -0.2) is 19.0 Å². The highest BCUT2D eigenvalue weighted by Gasteiger charge is 2.19. The summed E-state index contributed by atoms with van der Waals surface area (Å²) in [4.78, 5) is 12.5. The van der Waals surface area contributed by atoms with E-state index in [1.165, 1.54) is 0 Å². The van der Waals surface area contributed by atoms with Crippen molar-refractivity contribution in [2.45, 2.75) is 6.92 Å². The third-order valence-electron chi connectivity index (χ3n) is 3.21. The Morgan fingerprint density at radius 3 is 2.70 bits per heavy atom. The molecule has 0 saturated carbocycles. The zero-order valence-corrected chi connectivity index (χ0v) is 11.2. The number of aryl methyl sites for hydroxylation is 1. The van der Waals surface area contributed by atoms with E-state index in [0.29, 0.717) is 41.5 Å². The number of carbonyl (C=O) groups is 1. The first-order valence-electron chi connectivity index (χ1n) is 6.45. The molecule has 4 heteroatoms. The first-order chi connectivity index (χ1) is 9.65. The molecule has 2 N–H and O–H groups in total. The summed E-state index contributed by atoms with van der Waals surface area (Å²) in [6, 6.07) is 10.8. The number of nitrogens with two attached hydrogens (primary N) is 1. The number of nitrogen functional groups attached to an aromatic ring is 1. The second-order valence-electron chi connectivity index (χ2n) is 4.79. The maximum Gasteiger partial charge on any atom is 0.193 e. The van der Waals surface area contributed by atoms with Crippen molar-refractivity contribution in [1.82, 2.24) is 0 Å². The van der Waals surface area contributed by atoms with Gasteiger partial charge in [0.05, 0.1) is 5.69 Å². The minimum absolute atomic E-state index is 0.0719. The Balaban J connectivity index is 2.02. The van der Waals surface area contributed by atoms with Gasteiger partial charge in [-0.2, -0.15) is 0 Å². The molecule has 0 saturated heterocycles. The number of ketones is 1. The van der Waals surface area contributed by atoms with E-state index >= 15 is 0 Å². The quantitative estimate of drug-likeness (QED) is 0.672. The van der Waals surface area contributed by atoms with Crippen molar-refractivity contribution in [3.05, 3.63) is 53.1 Å². The van der Waals surface area contributed by atoms with Crippen LogP contribution in [0.2, 0.25) is 0 Å². The molecule has 0 aliphatic carbocycles. The second kappa shape index (κ2) is 4.89. The van der Waals surface area contributed by atoms with Crippen LogP contribution in [0.25, 0.3) is 0 Å². The number of hydrogen-bond acceptors (Lipinski definition) is 4. The Morgan fingerprint density at radius 2 is 1.90 bits per heavy atom. The summed E-state index contributed by atoms with van der Waals surface area (Å²) < 4.78 is 10.9. The maximum atomic E-state index is 12.5. The Morgan fingerprint density at radius 1 is 1.10 bits per heavy atom. The molecule has 102 valence electrons. The fourth-order valence-electron chi connectivity index (χ4n) is 2.26. The maximum absolute atomic E-state index is 12.5.